The predicted octanol–water partition coefficient (Wildman–Crippen LogP) is 2.55. The molecule has 18 heavy (non-hydrogen) atoms. The molecule has 0 radical (unpaired) electrons. The molecular weight excluding hydrogens is 246 g/mol. The van der Waals surface area contributed by atoms with Crippen LogP contribution in [0, 0.1) is 5.92 Å². The van der Waals surface area contributed by atoms with Crippen LogP contribution in [0.4, 0.5) is 5.13 Å². The fourth-order valence-electron chi connectivity index (χ4n) is 1.94. The number of aromatic nitrogens is 1. The van der Waals surface area contributed by atoms with E-state index in [2.05, 4.69) is 18.8 Å². The molecule has 2 N–H and O–H groups in total. The highest BCUT2D eigenvalue weighted by Gasteiger charge is 2.17. The van der Waals surface area contributed by atoms with Gasteiger partial charge in [0.25, 0.3) is 0 Å². The first-order valence-electron chi connectivity index (χ1n) is 6.58. The van der Waals surface area contributed by atoms with Crippen molar-refractivity contribution in [2.75, 3.05) is 18.8 Å². The molecule has 0 aliphatic carbocycles. The zero-order valence-electron chi connectivity index (χ0n) is 11.5. The molecule has 0 aliphatic heterocycles. The van der Waals surface area contributed by atoms with Gasteiger partial charge in [0.2, 0.25) is 5.91 Å². The summed E-state index contributed by atoms with van der Waals surface area (Å²) < 4.78 is 0. The fourth-order valence-corrected chi connectivity index (χ4v) is 2.50. The van der Waals surface area contributed by atoms with Crippen molar-refractivity contribution in [1.29, 1.82) is 0 Å². The number of anilines is 1. The van der Waals surface area contributed by atoms with Crippen LogP contribution >= 0.6 is 11.3 Å². The van der Waals surface area contributed by atoms with E-state index in [-0.39, 0.29) is 5.91 Å². The molecule has 0 aliphatic rings. The Balaban J connectivity index is 2.56. The summed E-state index contributed by atoms with van der Waals surface area (Å²) in [5, 5.41) is 2.39. The highest BCUT2D eigenvalue weighted by atomic mass is 32.1. The predicted molar refractivity (Wildman–Crippen MR) is 76.6 cm³/mol. The summed E-state index contributed by atoms with van der Waals surface area (Å²) in [7, 11) is 0. The Morgan fingerprint density at radius 3 is 2.56 bits per heavy atom. The van der Waals surface area contributed by atoms with Gasteiger partial charge in [-0.2, -0.15) is 0 Å². The van der Waals surface area contributed by atoms with Gasteiger partial charge in [-0.25, -0.2) is 4.98 Å². The lowest BCUT2D eigenvalue weighted by molar-refractivity contribution is -0.131. The molecule has 1 aromatic rings. The maximum Gasteiger partial charge on any atom is 0.228 e. The molecule has 5 heteroatoms. The Morgan fingerprint density at radius 2 is 2.11 bits per heavy atom. The van der Waals surface area contributed by atoms with Crippen molar-refractivity contribution in [2.45, 2.75) is 40.0 Å². The van der Waals surface area contributed by atoms with E-state index in [4.69, 9.17) is 5.73 Å². The second kappa shape index (κ2) is 7.36. The number of hydrogen-bond acceptors (Lipinski definition) is 4. The maximum atomic E-state index is 12.2. The lowest BCUT2D eigenvalue weighted by atomic mass is 10.0. The minimum Gasteiger partial charge on any atom is -0.375 e. The number of rotatable bonds is 7. The highest BCUT2D eigenvalue weighted by Crippen LogP contribution is 2.14. The molecule has 4 nitrogen and oxygen atoms in total. The third kappa shape index (κ3) is 4.29. The van der Waals surface area contributed by atoms with Crippen LogP contribution in [0.15, 0.2) is 5.38 Å². The molecule has 1 amide bonds. The van der Waals surface area contributed by atoms with Gasteiger partial charge < -0.3 is 10.6 Å². The van der Waals surface area contributed by atoms with Crippen LogP contribution in [0.5, 0.6) is 0 Å². The Kier molecular flexibility index (Phi) is 6.12. The topological polar surface area (TPSA) is 59.2 Å². The van der Waals surface area contributed by atoms with Crippen LogP contribution in [-0.4, -0.2) is 28.9 Å². The van der Waals surface area contributed by atoms with Crippen molar-refractivity contribution >= 4 is 22.4 Å². The maximum absolute atomic E-state index is 12.2. The number of carbonyl (C=O) groups excluding carboxylic acids is 1. The standard InChI is InChI=1S/C13H23N3OS/c1-4-10(5-2)8-16(6-3)12(17)7-11-9-18-13(14)15-11/h9-10H,4-8H2,1-3H3,(H2,14,15). The van der Waals surface area contributed by atoms with Crippen molar-refractivity contribution < 1.29 is 4.79 Å². The number of nitrogens with two attached hydrogens (primary N) is 1. The third-order valence-electron chi connectivity index (χ3n) is 3.27. The molecule has 0 spiro atoms. The average Bonchev–Trinajstić information content (AvgIpc) is 2.76. The number of carbonyl (C=O) groups is 1. The summed E-state index contributed by atoms with van der Waals surface area (Å²) in [6, 6.07) is 0. The van der Waals surface area contributed by atoms with E-state index in [0.29, 0.717) is 17.5 Å². The van der Waals surface area contributed by atoms with Gasteiger partial charge in [0, 0.05) is 18.5 Å². The Labute approximate surface area is 113 Å². The Morgan fingerprint density at radius 1 is 1.44 bits per heavy atom. The zero-order chi connectivity index (χ0) is 13.5. The quantitative estimate of drug-likeness (QED) is 0.827. The van der Waals surface area contributed by atoms with E-state index in [1.165, 1.54) is 11.3 Å². The third-order valence-corrected chi connectivity index (χ3v) is 3.99. The van der Waals surface area contributed by atoms with Gasteiger partial charge in [0.15, 0.2) is 5.13 Å². The fraction of sp³-hybridized carbons (Fsp3) is 0.692. The molecule has 1 heterocycles. The first-order chi connectivity index (χ1) is 8.60. The first-order valence-corrected chi connectivity index (χ1v) is 7.46. The van der Waals surface area contributed by atoms with Crippen LogP contribution in [0.25, 0.3) is 0 Å². The normalized spacial score (nSPS) is 10.9. The van der Waals surface area contributed by atoms with Crippen LogP contribution in [0.2, 0.25) is 0 Å². The second-order valence-electron chi connectivity index (χ2n) is 4.47. The summed E-state index contributed by atoms with van der Waals surface area (Å²) in [5.74, 6) is 0.740. The lowest BCUT2D eigenvalue weighted by Crippen LogP contribution is -2.36. The minimum atomic E-state index is 0.148. The van der Waals surface area contributed by atoms with E-state index in [1.54, 1.807) is 0 Å². The molecule has 102 valence electrons. The lowest BCUT2D eigenvalue weighted by Gasteiger charge is -2.25. The zero-order valence-corrected chi connectivity index (χ0v) is 12.3. The molecule has 1 aromatic heterocycles. The largest absolute Gasteiger partial charge is 0.375 e. The SMILES string of the molecule is CCC(CC)CN(CC)C(=O)Cc1csc(N)n1. The number of amides is 1. The van der Waals surface area contributed by atoms with Crippen LogP contribution in [0.3, 0.4) is 0 Å². The van der Waals surface area contributed by atoms with Crippen LogP contribution in [0.1, 0.15) is 39.3 Å². The number of nitrogens with zero attached hydrogens (tertiary/aromatic N) is 2. The molecule has 0 unspecified atom stereocenters. The van der Waals surface area contributed by atoms with Crippen molar-refractivity contribution in [2.24, 2.45) is 5.92 Å². The van der Waals surface area contributed by atoms with E-state index in [9.17, 15) is 4.79 Å². The van der Waals surface area contributed by atoms with E-state index < -0.39 is 0 Å². The summed E-state index contributed by atoms with van der Waals surface area (Å²) in [6.45, 7) is 7.98. The molecule has 0 saturated carbocycles. The van der Waals surface area contributed by atoms with Gasteiger partial charge in [-0.15, -0.1) is 11.3 Å². The van der Waals surface area contributed by atoms with Gasteiger partial charge in [-0.05, 0) is 12.8 Å². The number of hydrogen-bond donors (Lipinski definition) is 1. The van der Waals surface area contributed by atoms with E-state index in [0.717, 1.165) is 31.6 Å². The smallest absolute Gasteiger partial charge is 0.228 e. The molecule has 0 bridgehead atoms. The monoisotopic (exact) mass is 269 g/mol. The molecular formula is C13H23N3OS. The van der Waals surface area contributed by atoms with Gasteiger partial charge in [0.05, 0.1) is 12.1 Å². The highest BCUT2D eigenvalue weighted by molar-refractivity contribution is 7.13. The van der Waals surface area contributed by atoms with E-state index in [1.807, 2.05) is 17.2 Å². The van der Waals surface area contributed by atoms with Gasteiger partial charge in [-0.1, -0.05) is 26.7 Å². The van der Waals surface area contributed by atoms with Crippen molar-refractivity contribution in [1.82, 2.24) is 9.88 Å². The van der Waals surface area contributed by atoms with Gasteiger partial charge >= 0.3 is 0 Å². The summed E-state index contributed by atoms with van der Waals surface area (Å²) in [4.78, 5) is 18.2. The van der Waals surface area contributed by atoms with Crippen LogP contribution < -0.4 is 5.73 Å². The molecule has 0 saturated heterocycles. The van der Waals surface area contributed by atoms with Gasteiger partial charge in [-0.3, -0.25) is 4.79 Å². The van der Waals surface area contributed by atoms with Crippen molar-refractivity contribution in [3.63, 3.8) is 0 Å². The molecule has 0 fully saturated rings. The number of thiazole rings is 1. The second-order valence-corrected chi connectivity index (χ2v) is 5.36. The molecule has 1 rings (SSSR count). The molecule has 0 atom stereocenters. The minimum absolute atomic E-state index is 0.148. The Hall–Kier alpha value is -1.10. The van der Waals surface area contributed by atoms with Crippen molar-refractivity contribution in [3.05, 3.63) is 11.1 Å². The Bertz CT molecular complexity index is 374. The summed E-state index contributed by atoms with van der Waals surface area (Å²) in [5.41, 5.74) is 6.35. The number of nitrogen functional groups attached to an aromatic ring is 1. The first kappa shape index (κ1) is 15.0. The summed E-state index contributed by atoms with van der Waals surface area (Å²) >= 11 is 1.38. The molecule has 0 aromatic carbocycles. The van der Waals surface area contributed by atoms with Crippen LogP contribution in [-0.2, 0) is 11.2 Å². The summed E-state index contributed by atoms with van der Waals surface area (Å²) in [6.07, 6.45) is 2.59. The number of likely N-dealkylation sites (N-methyl/N-ethyl adjacent to an activating group) is 1. The van der Waals surface area contributed by atoms with E-state index >= 15 is 0 Å². The van der Waals surface area contributed by atoms with Crippen molar-refractivity contribution in [3.8, 4) is 0 Å². The average molecular weight is 269 g/mol. The van der Waals surface area contributed by atoms with Gasteiger partial charge in [0.1, 0.15) is 0 Å².